The van der Waals surface area contributed by atoms with Crippen molar-refractivity contribution in [3.63, 3.8) is 0 Å². The van der Waals surface area contributed by atoms with E-state index in [1.165, 1.54) is 0 Å². The number of benzene rings is 1. The topological polar surface area (TPSA) is 54.4 Å². The van der Waals surface area contributed by atoms with Gasteiger partial charge >= 0.3 is 5.97 Å². The number of carbonyl (C=O) groups is 2. The molecule has 0 aromatic heterocycles. The number of ketones is 1. The van der Waals surface area contributed by atoms with Crippen molar-refractivity contribution in [1.29, 1.82) is 0 Å². The second-order valence-corrected chi connectivity index (χ2v) is 11.4. The summed E-state index contributed by atoms with van der Waals surface area (Å²) < 4.78 is 0. The summed E-state index contributed by atoms with van der Waals surface area (Å²) in [5, 5.41) is 8.24. The molecule has 1 rings (SSSR count). The van der Waals surface area contributed by atoms with Gasteiger partial charge in [0.1, 0.15) is 8.07 Å². The molecule has 112 valence electrons. The van der Waals surface area contributed by atoms with Gasteiger partial charge in [0.2, 0.25) is 5.78 Å². The number of aromatic carboxylic acids is 1. The first-order chi connectivity index (χ1) is 9.47. The summed E-state index contributed by atoms with van der Waals surface area (Å²) in [4.78, 5) is 23.5. The van der Waals surface area contributed by atoms with E-state index in [9.17, 15) is 14.7 Å². The SMILES string of the molecule is C[Si](C)(C)C#CC(=O)c1c(Cl)c(Cl)c(Cl)c(Cl)c1C(=O)O. The molecule has 3 nitrogen and oxygen atoms in total. The fourth-order valence-electron chi connectivity index (χ4n) is 1.35. The van der Waals surface area contributed by atoms with Crippen molar-refractivity contribution < 1.29 is 14.7 Å². The summed E-state index contributed by atoms with van der Waals surface area (Å²) >= 11 is 23.5. The second-order valence-electron chi connectivity index (χ2n) is 5.14. The Morgan fingerprint density at radius 1 is 0.905 bits per heavy atom. The second kappa shape index (κ2) is 6.60. The van der Waals surface area contributed by atoms with Crippen LogP contribution in [0.1, 0.15) is 20.7 Å². The van der Waals surface area contributed by atoms with E-state index in [0.29, 0.717) is 0 Å². The Hall–Kier alpha value is -0.703. The fourth-order valence-corrected chi connectivity index (χ4v) is 2.86. The van der Waals surface area contributed by atoms with Crippen LogP contribution in [0.3, 0.4) is 0 Å². The third-order valence-electron chi connectivity index (χ3n) is 2.26. The lowest BCUT2D eigenvalue weighted by atomic mass is 10.0. The molecule has 0 amide bonds. The first kappa shape index (κ1) is 18.3. The number of hydrogen-bond acceptors (Lipinski definition) is 2. The van der Waals surface area contributed by atoms with E-state index in [4.69, 9.17) is 46.4 Å². The van der Waals surface area contributed by atoms with Gasteiger partial charge in [0, 0.05) is 0 Å². The minimum atomic E-state index is -1.82. The molecule has 0 saturated heterocycles. The zero-order valence-electron chi connectivity index (χ0n) is 11.3. The molecule has 1 aromatic rings. The lowest BCUT2D eigenvalue weighted by Gasteiger charge is -2.11. The molecule has 0 aliphatic heterocycles. The number of rotatable bonds is 2. The normalized spacial score (nSPS) is 10.8. The van der Waals surface area contributed by atoms with Crippen LogP contribution in [-0.4, -0.2) is 24.9 Å². The highest BCUT2D eigenvalue weighted by atomic mass is 35.5. The minimum Gasteiger partial charge on any atom is -0.478 e. The van der Waals surface area contributed by atoms with Gasteiger partial charge in [-0.3, -0.25) is 4.79 Å². The molecule has 0 bridgehead atoms. The van der Waals surface area contributed by atoms with Gasteiger partial charge in [0.05, 0.1) is 31.2 Å². The highest BCUT2D eigenvalue weighted by Crippen LogP contribution is 2.41. The van der Waals surface area contributed by atoms with Crippen molar-refractivity contribution in [3.05, 3.63) is 31.2 Å². The number of carboxylic acids is 1. The number of carboxylic acid groups (broad SMARTS) is 1. The number of hydrogen-bond donors (Lipinski definition) is 1. The maximum Gasteiger partial charge on any atom is 0.338 e. The Morgan fingerprint density at radius 3 is 1.71 bits per heavy atom. The van der Waals surface area contributed by atoms with Crippen molar-refractivity contribution in [2.24, 2.45) is 0 Å². The average molecular weight is 384 g/mol. The Labute approximate surface area is 143 Å². The number of halogens is 4. The summed E-state index contributed by atoms with van der Waals surface area (Å²) in [6, 6.07) is 0. The summed E-state index contributed by atoms with van der Waals surface area (Å²) in [7, 11) is -1.82. The predicted molar refractivity (Wildman–Crippen MR) is 88.9 cm³/mol. The summed E-state index contributed by atoms with van der Waals surface area (Å²) in [5.41, 5.74) is 2.00. The standard InChI is InChI=1S/C13H10Cl4O3Si/c1-21(2,3)5-4-6(18)7-8(13(19)20)10(15)12(17)11(16)9(7)14/h1-3H3,(H,19,20). The van der Waals surface area contributed by atoms with Crippen molar-refractivity contribution in [2.75, 3.05) is 0 Å². The van der Waals surface area contributed by atoms with Gasteiger partial charge in [-0.2, -0.15) is 0 Å². The van der Waals surface area contributed by atoms with E-state index in [2.05, 4.69) is 11.5 Å². The van der Waals surface area contributed by atoms with Gasteiger partial charge in [-0.1, -0.05) is 66.0 Å². The highest BCUT2D eigenvalue weighted by Gasteiger charge is 2.28. The third kappa shape index (κ3) is 4.15. The first-order valence-corrected chi connectivity index (χ1v) is 10.6. The molecule has 0 spiro atoms. The van der Waals surface area contributed by atoms with E-state index < -0.39 is 25.4 Å². The smallest absolute Gasteiger partial charge is 0.338 e. The van der Waals surface area contributed by atoms with Crippen LogP contribution in [0.15, 0.2) is 0 Å². The molecule has 21 heavy (non-hydrogen) atoms. The van der Waals surface area contributed by atoms with Crippen LogP contribution in [0, 0.1) is 11.5 Å². The summed E-state index contributed by atoms with van der Waals surface area (Å²) in [5.74, 6) is 0.232. The lowest BCUT2D eigenvalue weighted by molar-refractivity contribution is 0.0693. The molecule has 0 radical (unpaired) electrons. The van der Waals surface area contributed by atoms with Crippen LogP contribution in [0.2, 0.25) is 39.7 Å². The molecule has 8 heteroatoms. The van der Waals surface area contributed by atoms with Gasteiger partial charge in [0.15, 0.2) is 0 Å². The molecule has 0 heterocycles. The van der Waals surface area contributed by atoms with Crippen LogP contribution < -0.4 is 0 Å². The lowest BCUT2D eigenvalue weighted by Crippen LogP contribution is -2.17. The van der Waals surface area contributed by atoms with E-state index >= 15 is 0 Å². The Kier molecular flexibility index (Phi) is 5.76. The van der Waals surface area contributed by atoms with Crippen LogP contribution in [0.4, 0.5) is 0 Å². The van der Waals surface area contributed by atoms with E-state index in [1.54, 1.807) is 0 Å². The highest BCUT2D eigenvalue weighted by molar-refractivity contribution is 6.84. The summed E-state index contributed by atoms with van der Waals surface area (Å²) in [6.45, 7) is 5.82. The van der Waals surface area contributed by atoms with E-state index in [1.807, 2.05) is 19.6 Å². The maximum atomic E-state index is 12.2. The molecule has 0 aliphatic rings. The van der Waals surface area contributed by atoms with Gasteiger partial charge < -0.3 is 5.11 Å². The number of Topliss-reactive ketones (excluding diaryl/α,β-unsaturated/α-hetero) is 1. The summed E-state index contributed by atoms with van der Waals surface area (Å²) in [6.07, 6.45) is 0. The third-order valence-corrected chi connectivity index (χ3v) is 4.94. The molecule has 0 atom stereocenters. The zero-order valence-corrected chi connectivity index (χ0v) is 15.3. The van der Waals surface area contributed by atoms with Crippen molar-refractivity contribution in [2.45, 2.75) is 19.6 Å². The molecule has 0 aliphatic carbocycles. The van der Waals surface area contributed by atoms with Crippen LogP contribution in [0.25, 0.3) is 0 Å². The molecule has 0 unspecified atom stereocenters. The molecular weight excluding hydrogens is 374 g/mol. The Bertz CT molecular complexity index is 696. The zero-order chi connectivity index (χ0) is 16.5. The van der Waals surface area contributed by atoms with Gasteiger partial charge in [-0.15, -0.1) is 5.54 Å². The molecule has 1 aromatic carbocycles. The van der Waals surface area contributed by atoms with Crippen LogP contribution in [-0.2, 0) is 0 Å². The maximum absolute atomic E-state index is 12.2. The van der Waals surface area contributed by atoms with Gasteiger partial charge in [-0.25, -0.2) is 4.79 Å². The molecule has 1 N–H and O–H groups in total. The Morgan fingerprint density at radius 2 is 1.33 bits per heavy atom. The monoisotopic (exact) mass is 382 g/mol. The van der Waals surface area contributed by atoms with Crippen molar-refractivity contribution >= 4 is 66.2 Å². The van der Waals surface area contributed by atoms with Gasteiger partial charge in [0.25, 0.3) is 0 Å². The van der Waals surface area contributed by atoms with E-state index in [-0.39, 0.29) is 25.7 Å². The number of carbonyl (C=O) groups excluding carboxylic acids is 1. The first-order valence-electron chi connectivity index (χ1n) is 5.64. The fraction of sp³-hybridized carbons (Fsp3) is 0.231. The van der Waals surface area contributed by atoms with Gasteiger partial charge in [-0.05, 0) is 5.92 Å². The predicted octanol–water partition coefficient (Wildman–Crippen LogP) is 5.06. The molecule has 0 saturated carbocycles. The average Bonchev–Trinajstić information content (AvgIpc) is 2.36. The Balaban J connectivity index is 3.65. The van der Waals surface area contributed by atoms with Crippen molar-refractivity contribution in [1.82, 2.24) is 0 Å². The minimum absolute atomic E-state index is 0.175. The van der Waals surface area contributed by atoms with Crippen LogP contribution >= 0.6 is 46.4 Å². The molecular formula is C13H10Cl4O3Si. The van der Waals surface area contributed by atoms with Crippen LogP contribution in [0.5, 0.6) is 0 Å². The van der Waals surface area contributed by atoms with Crippen molar-refractivity contribution in [3.8, 4) is 11.5 Å². The largest absolute Gasteiger partial charge is 0.478 e. The molecule has 0 fully saturated rings. The quantitative estimate of drug-likeness (QED) is 0.255. The van der Waals surface area contributed by atoms with E-state index in [0.717, 1.165) is 0 Å².